The largest absolute Gasteiger partial charge is 0.349 e. The van der Waals surface area contributed by atoms with Crippen molar-refractivity contribution in [2.75, 3.05) is 0 Å². The lowest BCUT2D eigenvalue weighted by Crippen LogP contribution is -2.30. The topological polar surface area (TPSA) is 91.5 Å². The first-order valence-corrected chi connectivity index (χ1v) is 9.37. The van der Waals surface area contributed by atoms with Gasteiger partial charge in [-0.15, -0.1) is 0 Å². The van der Waals surface area contributed by atoms with Gasteiger partial charge in [0.05, 0.1) is 17.7 Å². The molecule has 9 heteroatoms. The van der Waals surface area contributed by atoms with Crippen molar-refractivity contribution < 1.29 is 0 Å². The van der Waals surface area contributed by atoms with Crippen molar-refractivity contribution in [1.82, 2.24) is 14.8 Å². The van der Waals surface area contributed by atoms with Crippen molar-refractivity contribution in [1.29, 1.82) is 5.26 Å². The molecule has 28 heavy (non-hydrogen) atoms. The molecule has 0 aliphatic heterocycles. The third kappa shape index (κ3) is 4.63. The molecule has 1 unspecified atom stereocenters. The van der Waals surface area contributed by atoms with E-state index in [0.717, 1.165) is 10.9 Å². The smallest absolute Gasteiger partial charge is 0.271 e. The number of nitrogens with one attached hydrogen (secondary N) is 1. The Labute approximate surface area is 175 Å². The Morgan fingerprint density at radius 2 is 1.64 bits per heavy atom. The molecule has 3 rings (SSSR count). The Morgan fingerprint density at radius 3 is 2.14 bits per heavy atom. The number of H-pyrrole nitrogens is 1. The molecule has 0 aliphatic rings. The number of rotatable bonds is 3. The van der Waals surface area contributed by atoms with Crippen molar-refractivity contribution in [2.45, 2.75) is 19.8 Å². The fraction of sp³-hybridized carbons (Fsp3) is 0.158. The molecule has 3 aromatic rings. The minimum absolute atomic E-state index is 0.189. The van der Waals surface area contributed by atoms with Gasteiger partial charge >= 0.3 is 5.69 Å². The van der Waals surface area contributed by atoms with Crippen LogP contribution in [0.3, 0.4) is 0 Å². The summed E-state index contributed by atoms with van der Waals surface area (Å²) in [5, 5.41) is 14.3. The zero-order valence-electron chi connectivity index (χ0n) is 14.9. The molecule has 0 fully saturated rings. The molecule has 0 saturated heterocycles. The lowest BCUT2D eigenvalue weighted by molar-refractivity contribution is 0.749. The number of nitriles is 1. The fourth-order valence-corrected chi connectivity index (χ4v) is 3.29. The predicted octanol–water partition coefficient (Wildman–Crippen LogP) is 4.56. The van der Waals surface area contributed by atoms with E-state index in [0.29, 0.717) is 16.1 Å². The number of hydrogen-bond donors (Lipinski definition) is 1. The highest BCUT2D eigenvalue weighted by Gasteiger charge is 2.21. The van der Waals surface area contributed by atoms with Gasteiger partial charge in [-0.3, -0.25) is 9.78 Å². The van der Waals surface area contributed by atoms with E-state index in [2.05, 4.69) is 16.2 Å². The van der Waals surface area contributed by atoms with Crippen LogP contribution in [0.2, 0.25) is 15.1 Å². The van der Waals surface area contributed by atoms with Crippen LogP contribution in [0.5, 0.6) is 0 Å². The van der Waals surface area contributed by atoms with E-state index in [4.69, 9.17) is 34.8 Å². The Bertz CT molecular complexity index is 1110. The molecule has 144 valence electrons. The number of nitrogens with zero attached hydrogens (tertiary/aromatic N) is 3. The zero-order chi connectivity index (χ0) is 20.8. The van der Waals surface area contributed by atoms with Crippen molar-refractivity contribution >= 4 is 34.8 Å². The third-order valence-electron chi connectivity index (χ3n) is 3.64. The van der Waals surface area contributed by atoms with Gasteiger partial charge < -0.3 is 0 Å². The van der Waals surface area contributed by atoms with E-state index in [1.165, 1.54) is 12.1 Å². The maximum atomic E-state index is 11.9. The summed E-state index contributed by atoms with van der Waals surface area (Å²) in [4.78, 5) is 25.1. The van der Waals surface area contributed by atoms with Gasteiger partial charge in [-0.1, -0.05) is 60.8 Å². The summed E-state index contributed by atoms with van der Waals surface area (Å²) in [6, 6.07) is 11.8. The highest BCUT2D eigenvalue weighted by atomic mass is 35.5. The SMILES string of the molecule is CC.N#CC(c1ccc(Cl)cc1)c1c(Cl)cc(-n2ncc(=O)[nH]c2=O)cc1Cl. The lowest BCUT2D eigenvalue weighted by atomic mass is 9.92. The van der Waals surface area contributed by atoms with E-state index in [-0.39, 0.29) is 15.7 Å². The molecule has 6 nitrogen and oxygen atoms in total. The number of benzene rings is 2. The van der Waals surface area contributed by atoms with Crippen LogP contribution in [0.1, 0.15) is 30.9 Å². The summed E-state index contributed by atoms with van der Waals surface area (Å²) in [6.45, 7) is 4.00. The first kappa shape index (κ1) is 21.7. The van der Waals surface area contributed by atoms with Crippen LogP contribution in [0.4, 0.5) is 0 Å². The average Bonchev–Trinajstić information content (AvgIpc) is 2.67. The second-order valence-electron chi connectivity index (χ2n) is 5.29. The Morgan fingerprint density at radius 1 is 1.07 bits per heavy atom. The lowest BCUT2D eigenvalue weighted by Gasteiger charge is -2.15. The first-order chi connectivity index (χ1) is 13.4. The van der Waals surface area contributed by atoms with E-state index in [1.807, 2.05) is 13.8 Å². The summed E-state index contributed by atoms with van der Waals surface area (Å²) >= 11 is 18.6. The second-order valence-corrected chi connectivity index (χ2v) is 6.54. The third-order valence-corrected chi connectivity index (χ3v) is 4.52. The fourth-order valence-electron chi connectivity index (χ4n) is 2.47. The first-order valence-electron chi connectivity index (χ1n) is 8.23. The summed E-state index contributed by atoms with van der Waals surface area (Å²) in [5.74, 6) is -0.721. The Balaban J connectivity index is 0.00000136. The number of aromatic amines is 1. The number of hydrogen-bond acceptors (Lipinski definition) is 4. The van der Waals surface area contributed by atoms with Gasteiger partial charge in [-0.2, -0.15) is 15.0 Å². The molecule has 2 aromatic carbocycles. The highest BCUT2D eigenvalue weighted by molar-refractivity contribution is 6.36. The van der Waals surface area contributed by atoms with Crippen molar-refractivity contribution in [3.63, 3.8) is 0 Å². The molecule has 1 aromatic heterocycles. The second kappa shape index (κ2) is 9.56. The van der Waals surface area contributed by atoms with Gasteiger partial charge in [0, 0.05) is 20.6 Å². The number of halogens is 3. The van der Waals surface area contributed by atoms with Crippen molar-refractivity contribution in [2.24, 2.45) is 0 Å². The summed E-state index contributed by atoms with van der Waals surface area (Å²) < 4.78 is 0.951. The predicted molar refractivity (Wildman–Crippen MR) is 111 cm³/mol. The van der Waals surface area contributed by atoms with Crippen LogP contribution in [0.25, 0.3) is 5.69 Å². The molecule has 0 saturated carbocycles. The molecule has 0 bridgehead atoms. The maximum absolute atomic E-state index is 11.9. The van der Waals surface area contributed by atoms with E-state index < -0.39 is 17.2 Å². The van der Waals surface area contributed by atoms with Gasteiger partial charge in [0.15, 0.2) is 0 Å². The van der Waals surface area contributed by atoms with Crippen LogP contribution in [-0.4, -0.2) is 14.8 Å². The minimum Gasteiger partial charge on any atom is -0.271 e. The van der Waals surface area contributed by atoms with Gasteiger partial charge in [-0.05, 0) is 29.8 Å². The highest BCUT2D eigenvalue weighted by Crippen LogP contribution is 2.37. The molecular formula is C19H15Cl3N4O2. The van der Waals surface area contributed by atoms with Crippen LogP contribution in [0.15, 0.2) is 52.2 Å². The monoisotopic (exact) mass is 436 g/mol. The zero-order valence-corrected chi connectivity index (χ0v) is 17.2. The van der Waals surface area contributed by atoms with Crippen molar-refractivity contribution in [3.05, 3.63) is 89.6 Å². The molecular weight excluding hydrogens is 423 g/mol. The molecule has 0 radical (unpaired) electrons. The van der Waals surface area contributed by atoms with E-state index in [9.17, 15) is 14.9 Å². The normalized spacial score (nSPS) is 11.1. The summed E-state index contributed by atoms with van der Waals surface area (Å²) in [5.41, 5.74) is -0.00998. The van der Waals surface area contributed by atoms with Gasteiger partial charge in [0.25, 0.3) is 5.56 Å². The summed E-state index contributed by atoms with van der Waals surface area (Å²) in [7, 11) is 0. The molecule has 1 N–H and O–H groups in total. The molecule has 0 aliphatic carbocycles. The van der Waals surface area contributed by atoms with Gasteiger partial charge in [0.1, 0.15) is 6.20 Å². The molecule has 0 amide bonds. The summed E-state index contributed by atoms with van der Waals surface area (Å²) in [6.07, 6.45) is 0.961. The van der Waals surface area contributed by atoms with Crippen LogP contribution in [0, 0.1) is 11.3 Å². The van der Waals surface area contributed by atoms with Gasteiger partial charge in [0.2, 0.25) is 0 Å². The average molecular weight is 438 g/mol. The molecule has 1 atom stereocenters. The van der Waals surface area contributed by atoms with Gasteiger partial charge in [-0.25, -0.2) is 4.79 Å². The van der Waals surface area contributed by atoms with Crippen LogP contribution >= 0.6 is 34.8 Å². The van der Waals surface area contributed by atoms with Crippen molar-refractivity contribution in [3.8, 4) is 11.8 Å². The quantitative estimate of drug-likeness (QED) is 0.650. The molecule has 0 spiro atoms. The van der Waals surface area contributed by atoms with Crippen LogP contribution < -0.4 is 11.2 Å². The van der Waals surface area contributed by atoms with Crippen LogP contribution in [-0.2, 0) is 0 Å². The molecule has 1 heterocycles. The maximum Gasteiger partial charge on any atom is 0.349 e. The Hall–Kier alpha value is -2.59. The Kier molecular flexibility index (Phi) is 7.41. The van der Waals surface area contributed by atoms with E-state index in [1.54, 1.807) is 24.3 Å². The standard InChI is InChI=1S/C17H9Cl3N4O2.C2H6/c18-10-3-1-9(2-4-10)12(7-21)16-13(19)5-11(6-14(16)20)24-17(26)23-15(25)8-22-24;1-2/h1-6,8,12H,(H,23,25,26);1-2H3. The van der Waals surface area contributed by atoms with E-state index >= 15 is 0 Å². The minimum atomic E-state index is -0.730. The number of aromatic nitrogens is 3.